The summed E-state index contributed by atoms with van der Waals surface area (Å²) in [6.45, 7) is 1.80. The van der Waals surface area contributed by atoms with Gasteiger partial charge in [-0.1, -0.05) is 6.92 Å². The van der Waals surface area contributed by atoms with Crippen LogP contribution < -0.4 is 11.1 Å². The molecule has 6 nitrogen and oxygen atoms in total. The molecule has 1 heterocycles. The van der Waals surface area contributed by atoms with Crippen molar-refractivity contribution >= 4 is 21.6 Å². The Labute approximate surface area is 121 Å². The summed E-state index contributed by atoms with van der Waals surface area (Å²) < 4.78 is 53.1. The molecule has 1 aromatic carbocycles. The van der Waals surface area contributed by atoms with Crippen molar-refractivity contribution in [3.05, 3.63) is 23.8 Å². The van der Waals surface area contributed by atoms with Gasteiger partial charge in [-0.15, -0.1) is 0 Å². The summed E-state index contributed by atoms with van der Waals surface area (Å²) in [4.78, 5) is 11.0. The van der Waals surface area contributed by atoms with E-state index in [0.717, 1.165) is 16.4 Å². The van der Waals surface area contributed by atoms with E-state index in [2.05, 4.69) is 5.32 Å². The molecule has 0 aliphatic carbocycles. The highest BCUT2D eigenvalue weighted by Crippen LogP contribution is 2.27. The molecule has 1 aliphatic rings. The van der Waals surface area contributed by atoms with E-state index in [1.807, 2.05) is 0 Å². The largest absolute Gasteiger partial charge is 0.394 e. The van der Waals surface area contributed by atoms with Crippen LogP contribution in [0.1, 0.15) is 13.3 Å². The molecule has 1 aliphatic heterocycles. The van der Waals surface area contributed by atoms with Gasteiger partial charge in [0.25, 0.3) is 0 Å². The standard InChI is InChI=1S/C12H15F2N3O3S/c1-2-8-12(18)16-5-6-17(8)21(19,20)9-4-3-7(13)11(15)10(9)14/h3-4,8H,2,5-6,15H2,1H3,(H,16,18). The minimum Gasteiger partial charge on any atom is -0.394 e. The van der Waals surface area contributed by atoms with Gasteiger partial charge in [-0.2, -0.15) is 4.31 Å². The molecule has 3 N–H and O–H groups in total. The maximum Gasteiger partial charge on any atom is 0.246 e. The Kier molecular flexibility index (Phi) is 4.15. The molecule has 1 unspecified atom stereocenters. The molecule has 0 radical (unpaired) electrons. The molecule has 0 aromatic heterocycles. The summed E-state index contributed by atoms with van der Waals surface area (Å²) in [6.07, 6.45) is 0.239. The van der Waals surface area contributed by atoms with Crippen LogP contribution >= 0.6 is 0 Å². The Bertz CT molecular complexity index is 679. The molecule has 1 amide bonds. The number of hydrogen-bond acceptors (Lipinski definition) is 4. The topological polar surface area (TPSA) is 92.5 Å². The number of nitrogens with two attached hydrogens (primary N) is 1. The summed E-state index contributed by atoms with van der Waals surface area (Å²) in [6, 6.07) is 0.681. The first kappa shape index (κ1) is 15.6. The average molecular weight is 319 g/mol. The lowest BCUT2D eigenvalue weighted by Crippen LogP contribution is -2.56. The van der Waals surface area contributed by atoms with Gasteiger partial charge in [-0.25, -0.2) is 17.2 Å². The first-order chi connectivity index (χ1) is 9.80. The summed E-state index contributed by atoms with van der Waals surface area (Å²) in [5.74, 6) is -2.81. The van der Waals surface area contributed by atoms with Gasteiger partial charge < -0.3 is 11.1 Å². The van der Waals surface area contributed by atoms with Gasteiger partial charge in [0.2, 0.25) is 15.9 Å². The third-order valence-corrected chi connectivity index (χ3v) is 5.27. The number of nitrogen functional groups attached to an aromatic ring is 1. The number of anilines is 1. The number of amides is 1. The molecule has 1 fully saturated rings. The first-order valence-electron chi connectivity index (χ1n) is 6.33. The average Bonchev–Trinajstić information content (AvgIpc) is 2.44. The van der Waals surface area contributed by atoms with Gasteiger partial charge in [0, 0.05) is 13.1 Å². The molecule has 116 valence electrons. The van der Waals surface area contributed by atoms with Gasteiger partial charge in [-0.3, -0.25) is 4.79 Å². The molecule has 1 saturated heterocycles. The lowest BCUT2D eigenvalue weighted by Gasteiger charge is -2.33. The van der Waals surface area contributed by atoms with Crippen molar-refractivity contribution in [3.63, 3.8) is 0 Å². The van der Waals surface area contributed by atoms with Crippen LogP contribution in [0.25, 0.3) is 0 Å². The normalized spacial score (nSPS) is 20.3. The van der Waals surface area contributed by atoms with Crippen molar-refractivity contribution in [2.24, 2.45) is 0 Å². The van der Waals surface area contributed by atoms with Crippen molar-refractivity contribution in [2.45, 2.75) is 24.3 Å². The van der Waals surface area contributed by atoms with E-state index in [4.69, 9.17) is 5.73 Å². The van der Waals surface area contributed by atoms with Crippen LogP contribution in [-0.4, -0.2) is 37.8 Å². The van der Waals surface area contributed by atoms with Crippen molar-refractivity contribution in [3.8, 4) is 0 Å². The van der Waals surface area contributed by atoms with E-state index < -0.39 is 44.2 Å². The van der Waals surface area contributed by atoms with Gasteiger partial charge in [0.1, 0.15) is 22.4 Å². The number of carbonyl (C=O) groups excluding carboxylic acids is 1. The van der Waals surface area contributed by atoms with Crippen LogP contribution in [0, 0.1) is 11.6 Å². The SMILES string of the molecule is CCC1C(=O)NCCN1S(=O)(=O)c1ccc(F)c(N)c1F. The third-order valence-electron chi connectivity index (χ3n) is 3.35. The van der Waals surface area contributed by atoms with E-state index in [9.17, 15) is 22.0 Å². The lowest BCUT2D eigenvalue weighted by molar-refractivity contribution is -0.126. The number of benzene rings is 1. The third kappa shape index (κ3) is 2.58. The van der Waals surface area contributed by atoms with E-state index in [1.165, 1.54) is 0 Å². The lowest BCUT2D eigenvalue weighted by atomic mass is 10.2. The molecule has 21 heavy (non-hydrogen) atoms. The van der Waals surface area contributed by atoms with E-state index in [1.54, 1.807) is 6.92 Å². The molecular formula is C12H15F2N3O3S. The second-order valence-electron chi connectivity index (χ2n) is 4.60. The Morgan fingerprint density at radius 3 is 2.71 bits per heavy atom. The predicted molar refractivity (Wildman–Crippen MR) is 71.8 cm³/mol. The minimum atomic E-state index is -4.28. The minimum absolute atomic E-state index is 0.0172. The van der Waals surface area contributed by atoms with Crippen molar-refractivity contribution in [1.29, 1.82) is 0 Å². The molecule has 1 aromatic rings. The fourth-order valence-corrected chi connectivity index (χ4v) is 3.99. The van der Waals surface area contributed by atoms with Crippen LogP contribution in [0.5, 0.6) is 0 Å². The summed E-state index contributed by atoms with van der Waals surface area (Å²) in [5.41, 5.74) is 4.34. The van der Waals surface area contributed by atoms with E-state index >= 15 is 0 Å². The Balaban J connectivity index is 2.51. The summed E-state index contributed by atoms with van der Waals surface area (Å²) >= 11 is 0. The number of piperazine rings is 1. The van der Waals surface area contributed by atoms with E-state index in [0.29, 0.717) is 0 Å². The number of nitrogens with one attached hydrogen (secondary N) is 1. The second kappa shape index (κ2) is 5.57. The van der Waals surface area contributed by atoms with Gasteiger partial charge in [0.05, 0.1) is 0 Å². The molecule has 2 rings (SSSR count). The quantitative estimate of drug-likeness (QED) is 0.791. The molecule has 0 saturated carbocycles. The molecule has 0 bridgehead atoms. The monoisotopic (exact) mass is 319 g/mol. The predicted octanol–water partition coefficient (Wildman–Crippen LogP) is 0.446. The molecule has 1 atom stereocenters. The van der Waals surface area contributed by atoms with Crippen molar-refractivity contribution in [1.82, 2.24) is 9.62 Å². The molecule has 9 heteroatoms. The van der Waals surface area contributed by atoms with Crippen LogP contribution in [0.3, 0.4) is 0 Å². The zero-order chi connectivity index (χ0) is 15.8. The number of halogens is 2. The number of rotatable bonds is 3. The highest BCUT2D eigenvalue weighted by atomic mass is 32.2. The maximum atomic E-state index is 14.0. The smallest absolute Gasteiger partial charge is 0.246 e. The van der Waals surface area contributed by atoms with Crippen LogP contribution in [0.4, 0.5) is 14.5 Å². The maximum absolute atomic E-state index is 14.0. The van der Waals surface area contributed by atoms with Crippen LogP contribution in [0.2, 0.25) is 0 Å². The van der Waals surface area contributed by atoms with Gasteiger partial charge in [-0.05, 0) is 18.6 Å². The second-order valence-corrected chi connectivity index (χ2v) is 6.46. The number of hydrogen-bond donors (Lipinski definition) is 2. The first-order valence-corrected chi connectivity index (χ1v) is 7.77. The van der Waals surface area contributed by atoms with Crippen molar-refractivity contribution in [2.75, 3.05) is 18.8 Å². The number of nitrogens with zero attached hydrogens (tertiary/aromatic N) is 1. The Hall–Kier alpha value is -1.74. The highest BCUT2D eigenvalue weighted by molar-refractivity contribution is 7.89. The van der Waals surface area contributed by atoms with Crippen molar-refractivity contribution < 1.29 is 22.0 Å². The molecule has 0 spiro atoms. The highest BCUT2D eigenvalue weighted by Gasteiger charge is 2.39. The van der Waals surface area contributed by atoms with Crippen LogP contribution in [0.15, 0.2) is 17.0 Å². The fraction of sp³-hybridized carbons (Fsp3) is 0.417. The number of sulfonamides is 1. The van der Waals surface area contributed by atoms with Crippen LogP contribution in [-0.2, 0) is 14.8 Å². The number of carbonyl (C=O) groups is 1. The zero-order valence-electron chi connectivity index (χ0n) is 11.3. The Morgan fingerprint density at radius 2 is 2.10 bits per heavy atom. The van der Waals surface area contributed by atoms with Gasteiger partial charge >= 0.3 is 0 Å². The fourth-order valence-electron chi connectivity index (χ4n) is 2.25. The summed E-state index contributed by atoms with van der Waals surface area (Å²) in [5, 5.41) is 2.55. The van der Waals surface area contributed by atoms with E-state index in [-0.39, 0.29) is 19.5 Å². The zero-order valence-corrected chi connectivity index (χ0v) is 12.1. The van der Waals surface area contributed by atoms with Gasteiger partial charge in [0.15, 0.2) is 5.82 Å². The summed E-state index contributed by atoms with van der Waals surface area (Å²) in [7, 11) is -4.28. The Morgan fingerprint density at radius 1 is 1.43 bits per heavy atom. The molecular weight excluding hydrogens is 304 g/mol.